The van der Waals surface area contributed by atoms with Crippen LogP contribution < -0.4 is 4.72 Å². The van der Waals surface area contributed by atoms with Gasteiger partial charge in [0.2, 0.25) is 0 Å². The van der Waals surface area contributed by atoms with E-state index in [4.69, 9.17) is 16.7 Å². The minimum Gasteiger partial charge on any atom is -0.480 e. The minimum atomic E-state index is -4.16. The normalized spacial score (nSPS) is 13.1. The van der Waals surface area contributed by atoms with Crippen LogP contribution in [0.1, 0.15) is 19.8 Å². The summed E-state index contributed by atoms with van der Waals surface area (Å²) in [4.78, 5) is 20.7. The summed E-state index contributed by atoms with van der Waals surface area (Å²) in [5.41, 5.74) is -0.528. The average Bonchev–Trinajstić information content (AvgIpc) is 2.71. The molecule has 2 N–H and O–H groups in total. The summed E-state index contributed by atoms with van der Waals surface area (Å²) in [5.74, 6) is -1.31. The molecule has 1 atom stereocenters. The third-order valence-corrected chi connectivity index (χ3v) is 5.56. The smallest absolute Gasteiger partial charge is 0.321 e. The first-order valence-electron chi connectivity index (χ1n) is 5.38. The molecule has 0 aliphatic rings. The zero-order valence-electron chi connectivity index (χ0n) is 10.2. The van der Waals surface area contributed by atoms with E-state index < -0.39 is 36.9 Å². The summed E-state index contributed by atoms with van der Waals surface area (Å²) < 4.78 is 25.2. The van der Waals surface area contributed by atoms with Crippen LogP contribution in [-0.2, 0) is 14.8 Å². The van der Waals surface area contributed by atoms with E-state index in [1.807, 2.05) is 4.72 Å². The molecule has 1 aromatic heterocycles. The second kappa shape index (κ2) is 6.48. The van der Waals surface area contributed by atoms with Gasteiger partial charge in [-0.15, -0.1) is 11.3 Å². The number of hydrogen-bond donors (Lipinski definition) is 2. The number of carboxylic acid groups (broad SMARTS) is 1. The molecule has 11 heteroatoms. The topological polar surface area (TPSA) is 127 Å². The first-order chi connectivity index (χ1) is 9.19. The van der Waals surface area contributed by atoms with Crippen LogP contribution in [0.15, 0.2) is 10.3 Å². The van der Waals surface area contributed by atoms with Gasteiger partial charge in [0.1, 0.15) is 10.3 Å². The van der Waals surface area contributed by atoms with Crippen LogP contribution in [0.25, 0.3) is 0 Å². The maximum Gasteiger partial charge on any atom is 0.321 e. The zero-order chi connectivity index (χ0) is 15.5. The Hall–Kier alpha value is -1.23. The highest BCUT2D eigenvalue weighted by Crippen LogP contribution is 2.36. The molecule has 0 unspecified atom stereocenters. The van der Waals surface area contributed by atoms with E-state index in [2.05, 4.69) is 0 Å². The molecule has 0 amide bonds. The number of carbonyl (C=O) groups is 1. The van der Waals surface area contributed by atoms with Crippen molar-refractivity contribution >= 4 is 44.6 Å². The van der Waals surface area contributed by atoms with Gasteiger partial charge in [-0.1, -0.05) is 24.9 Å². The molecule has 1 rings (SSSR count). The van der Waals surface area contributed by atoms with Crippen molar-refractivity contribution in [1.29, 1.82) is 0 Å². The largest absolute Gasteiger partial charge is 0.480 e. The molecule has 0 saturated heterocycles. The number of thiophene rings is 1. The van der Waals surface area contributed by atoms with Crippen LogP contribution in [0.5, 0.6) is 0 Å². The van der Waals surface area contributed by atoms with Crippen molar-refractivity contribution in [3.05, 3.63) is 20.5 Å². The Balaban J connectivity index is 3.07. The van der Waals surface area contributed by atoms with Crippen molar-refractivity contribution in [1.82, 2.24) is 4.72 Å². The van der Waals surface area contributed by atoms with Gasteiger partial charge in [-0.2, -0.15) is 4.72 Å². The van der Waals surface area contributed by atoms with Crippen LogP contribution >= 0.6 is 22.9 Å². The summed E-state index contributed by atoms with van der Waals surface area (Å²) in [6.07, 6.45) is 0.570. The first-order valence-corrected chi connectivity index (χ1v) is 8.05. The summed E-state index contributed by atoms with van der Waals surface area (Å²) in [6.45, 7) is 1.71. The number of hydrogen-bond acceptors (Lipinski definition) is 6. The van der Waals surface area contributed by atoms with E-state index in [0.717, 1.165) is 6.07 Å². The minimum absolute atomic E-state index is 0.107. The summed E-state index contributed by atoms with van der Waals surface area (Å²) in [6, 6.07) is -0.481. The highest BCUT2D eigenvalue weighted by atomic mass is 35.5. The Kier molecular flexibility index (Phi) is 5.45. The number of aliphatic carboxylic acids is 1. The third-order valence-electron chi connectivity index (χ3n) is 2.28. The number of nitro groups is 1. The third kappa shape index (κ3) is 3.88. The predicted molar refractivity (Wildman–Crippen MR) is 72.6 cm³/mol. The highest BCUT2D eigenvalue weighted by Gasteiger charge is 2.29. The molecular weight excluding hydrogens is 332 g/mol. The molecule has 0 aliphatic heterocycles. The number of carboxylic acids is 1. The van der Waals surface area contributed by atoms with Crippen molar-refractivity contribution in [2.45, 2.75) is 30.0 Å². The Morgan fingerprint density at radius 1 is 1.65 bits per heavy atom. The van der Waals surface area contributed by atoms with Crippen LogP contribution in [0.2, 0.25) is 4.34 Å². The lowest BCUT2D eigenvalue weighted by Gasteiger charge is -2.12. The number of halogens is 1. The van der Waals surface area contributed by atoms with Gasteiger partial charge < -0.3 is 5.11 Å². The summed E-state index contributed by atoms with van der Waals surface area (Å²) >= 11 is 6.08. The fraction of sp³-hybridized carbons (Fsp3) is 0.444. The molecule has 0 aliphatic carbocycles. The van der Waals surface area contributed by atoms with Crippen LogP contribution in [0, 0.1) is 10.1 Å². The Morgan fingerprint density at radius 2 is 2.25 bits per heavy atom. The maximum atomic E-state index is 12.0. The van der Waals surface area contributed by atoms with E-state index in [1.54, 1.807) is 6.92 Å². The molecule has 0 radical (unpaired) electrons. The molecule has 20 heavy (non-hydrogen) atoms. The SMILES string of the molecule is CCC[C@H](NS(=O)(=O)c1cc([N+](=O)[O-])c(Cl)s1)C(=O)O. The Bertz CT molecular complexity index is 626. The molecule has 1 heterocycles. The van der Waals surface area contributed by atoms with Gasteiger partial charge in [0.15, 0.2) is 4.34 Å². The maximum absolute atomic E-state index is 12.0. The van der Waals surface area contributed by atoms with Gasteiger partial charge in [-0.3, -0.25) is 14.9 Å². The highest BCUT2D eigenvalue weighted by molar-refractivity contribution is 7.91. The average molecular weight is 343 g/mol. The van der Waals surface area contributed by atoms with E-state index in [1.165, 1.54) is 0 Å². The van der Waals surface area contributed by atoms with Crippen molar-refractivity contribution in [3.8, 4) is 0 Å². The lowest BCUT2D eigenvalue weighted by molar-refractivity contribution is -0.384. The first kappa shape index (κ1) is 16.8. The fourth-order valence-corrected chi connectivity index (χ4v) is 4.27. The van der Waals surface area contributed by atoms with Crippen molar-refractivity contribution in [3.63, 3.8) is 0 Å². The molecule has 0 spiro atoms. The van der Waals surface area contributed by atoms with Gasteiger partial charge in [0.25, 0.3) is 15.7 Å². The van der Waals surface area contributed by atoms with E-state index in [0.29, 0.717) is 17.8 Å². The standard InChI is InChI=1S/C9H11ClN2O6S2/c1-2-3-5(9(13)14)11-20(17,18)7-4-6(12(15)16)8(10)19-7/h4-5,11H,2-3H2,1H3,(H,13,14)/t5-/m0/s1. The Labute approximate surface area is 123 Å². The summed E-state index contributed by atoms with van der Waals surface area (Å²) in [5, 5.41) is 19.5. The molecular formula is C9H11ClN2O6S2. The van der Waals surface area contributed by atoms with Gasteiger partial charge >= 0.3 is 5.97 Å². The van der Waals surface area contributed by atoms with Gasteiger partial charge in [-0.05, 0) is 6.42 Å². The number of nitrogens with one attached hydrogen (secondary N) is 1. The van der Waals surface area contributed by atoms with E-state index >= 15 is 0 Å². The number of rotatable bonds is 7. The molecule has 0 bridgehead atoms. The van der Waals surface area contributed by atoms with Crippen LogP contribution in [0.3, 0.4) is 0 Å². The summed E-state index contributed by atoms with van der Waals surface area (Å²) in [7, 11) is -4.16. The van der Waals surface area contributed by atoms with Gasteiger partial charge in [0.05, 0.1) is 4.92 Å². The molecule has 0 aromatic carbocycles. The fourth-order valence-electron chi connectivity index (χ4n) is 1.36. The van der Waals surface area contributed by atoms with Crippen molar-refractivity contribution < 1.29 is 23.2 Å². The molecule has 0 saturated carbocycles. The lowest BCUT2D eigenvalue weighted by atomic mass is 10.2. The second-order valence-corrected chi connectivity index (χ2v) is 7.38. The molecule has 8 nitrogen and oxygen atoms in total. The van der Waals surface area contributed by atoms with Crippen molar-refractivity contribution in [2.24, 2.45) is 0 Å². The van der Waals surface area contributed by atoms with Crippen LogP contribution in [0.4, 0.5) is 5.69 Å². The van der Waals surface area contributed by atoms with Crippen LogP contribution in [-0.4, -0.2) is 30.5 Å². The monoisotopic (exact) mass is 342 g/mol. The zero-order valence-corrected chi connectivity index (χ0v) is 12.6. The number of sulfonamides is 1. The van der Waals surface area contributed by atoms with Crippen molar-refractivity contribution in [2.75, 3.05) is 0 Å². The number of nitrogens with zero attached hydrogens (tertiary/aromatic N) is 1. The van der Waals surface area contributed by atoms with E-state index in [9.17, 15) is 23.3 Å². The molecule has 1 aromatic rings. The molecule has 0 fully saturated rings. The lowest BCUT2D eigenvalue weighted by Crippen LogP contribution is -2.40. The van der Waals surface area contributed by atoms with Gasteiger partial charge in [-0.25, -0.2) is 8.42 Å². The quantitative estimate of drug-likeness (QED) is 0.575. The Morgan fingerprint density at radius 3 is 2.65 bits per heavy atom. The van der Waals surface area contributed by atoms with E-state index in [-0.39, 0.29) is 10.8 Å². The predicted octanol–water partition coefficient (Wildman–Crippen LogP) is 1.84. The van der Waals surface area contributed by atoms with Gasteiger partial charge in [0, 0.05) is 6.07 Å². The molecule has 112 valence electrons. The second-order valence-electron chi connectivity index (χ2n) is 3.78.